The molecule has 0 radical (unpaired) electrons. The number of nitriles is 1. The Labute approximate surface area is 161 Å². The van der Waals surface area contributed by atoms with Gasteiger partial charge in [-0.3, -0.25) is 4.90 Å². The molecule has 1 saturated heterocycles. The summed E-state index contributed by atoms with van der Waals surface area (Å²) in [5.41, 5.74) is 0.253. The Bertz CT molecular complexity index is 924. The van der Waals surface area contributed by atoms with Crippen LogP contribution in [0.5, 0.6) is 5.75 Å². The molecule has 2 aromatic rings. The minimum Gasteiger partial charge on any atom is -0.488 e. The highest BCUT2D eigenvalue weighted by atomic mass is 19.1. The molecule has 2 amide bonds. The summed E-state index contributed by atoms with van der Waals surface area (Å²) in [6.07, 6.45) is 3.39. The molecule has 2 aliphatic rings. The second-order valence-electron chi connectivity index (χ2n) is 6.72. The molecule has 1 unspecified atom stereocenters. The fraction of sp³-hybridized carbons (Fsp3) is 0.368. The number of urea groups is 1. The molecule has 9 heteroatoms. The first-order chi connectivity index (χ1) is 13.6. The highest BCUT2D eigenvalue weighted by Crippen LogP contribution is 2.38. The molecule has 28 heavy (non-hydrogen) atoms. The van der Waals surface area contributed by atoms with Crippen molar-refractivity contribution in [3.05, 3.63) is 42.0 Å². The van der Waals surface area contributed by atoms with Gasteiger partial charge >= 0.3 is 6.03 Å². The van der Waals surface area contributed by atoms with E-state index in [1.54, 1.807) is 28.3 Å². The number of rotatable bonds is 1. The SMILES string of the molecule is CC1COc2c(ccc(F)c2C#N)N1C(=O)N1CCN(c2ncccn2)CC1. The van der Waals surface area contributed by atoms with E-state index in [-0.39, 0.29) is 30.0 Å². The fourth-order valence-corrected chi connectivity index (χ4v) is 3.50. The lowest BCUT2D eigenvalue weighted by Crippen LogP contribution is -2.56. The number of ether oxygens (including phenoxy) is 1. The van der Waals surface area contributed by atoms with Gasteiger partial charge in [-0.15, -0.1) is 0 Å². The second kappa shape index (κ2) is 7.31. The topological polar surface area (TPSA) is 85.6 Å². The number of halogens is 1. The lowest BCUT2D eigenvalue weighted by molar-refractivity contribution is 0.189. The molecule has 0 spiro atoms. The Balaban J connectivity index is 1.54. The molecular formula is C19H19FN6O2. The van der Waals surface area contributed by atoms with Gasteiger partial charge in [-0.1, -0.05) is 0 Å². The monoisotopic (exact) mass is 382 g/mol. The highest BCUT2D eigenvalue weighted by molar-refractivity contribution is 5.95. The van der Waals surface area contributed by atoms with Crippen LogP contribution in [0.25, 0.3) is 0 Å². The maximum absolute atomic E-state index is 13.9. The van der Waals surface area contributed by atoms with Crippen molar-refractivity contribution >= 4 is 17.7 Å². The van der Waals surface area contributed by atoms with Gasteiger partial charge in [0.05, 0.1) is 11.7 Å². The Morgan fingerprint density at radius 3 is 2.64 bits per heavy atom. The molecule has 1 aromatic heterocycles. The van der Waals surface area contributed by atoms with Crippen LogP contribution in [0.1, 0.15) is 12.5 Å². The van der Waals surface area contributed by atoms with Crippen molar-refractivity contribution in [2.45, 2.75) is 13.0 Å². The molecule has 2 aliphatic heterocycles. The van der Waals surface area contributed by atoms with E-state index in [4.69, 9.17) is 4.74 Å². The minimum atomic E-state index is -0.653. The van der Waals surface area contributed by atoms with Gasteiger partial charge in [-0.2, -0.15) is 5.26 Å². The summed E-state index contributed by atoms with van der Waals surface area (Å²) in [4.78, 5) is 27.1. The van der Waals surface area contributed by atoms with Crippen molar-refractivity contribution in [2.75, 3.05) is 42.6 Å². The van der Waals surface area contributed by atoms with Gasteiger partial charge in [0, 0.05) is 38.6 Å². The molecule has 1 aromatic carbocycles. The van der Waals surface area contributed by atoms with Crippen molar-refractivity contribution in [3.8, 4) is 11.8 Å². The number of anilines is 2. The number of aromatic nitrogens is 2. The number of carbonyl (C=O) groups is 1. The zero-order chi connectivity index (χ0) is 19.7. The van der Waals surface area contributed by atoms with Crippen LogP contribution in [0.2, 0.25) is 0 Å². The van der Waals surface area contributed by atoms with Gasteiger partial charge < -0.3 is 14.5 Å². The lowest BCUT2D eigenvalue weighted by Gasteiger charge is -2.41. The number of hydrogen-bond acceptors (Lipinski definition) is 6. The molecular weight excluding hydrogens is 363 g/mol. The summed E-state index contributed by atoms with van der Waals surface area (Å²) >= 11 is 0. The molecule has 0 aliphatic carbocycles. The number of nitrogens with zero attached hydrogens (tertiary/aromatic N) is 6. The van der Waals surface area contributed by atoms with Crippen LogP contribution in [0.3, 0.4) is 0 Å². The second-order valence-corrected chi connectivity index (χ2v) is 6.72. The van der Waals surface area contributed by atoms with E-state index < -0.39 is 5.82 Å². The Hall–Kier alpha value is -3.41. The van der Waals surface area contributed by atoms with Crippen molar-refractivity contribution in [3.63, 3.8) is 0 Å². The molecule has 3 heterocycles. The van der Waals surface area contributed by atoms with Crippen LogP contribution in [0.15, 0.2) is 30.6 Å². The first-order valence-electron chi connectivity index (χ1n) is 9.05. The lowest BCUT2D eigenvalue weighted by atomic mass is 10.1. The minimum absolute atomic E-state index is 0.130. The predicted molar refractivity (Wildman–Crippen MR) is 99.8 cm³/mol. The van der Waals surface area contributed by atoms with E-state index in [9.17, 15) is 14.4 Å². The maximum atomic E-state index is 13.9. The average molecular weight is 382 g/mol. The number of hydrogen-bond donors (Lipinski definition) is 0. The highest BCUT2D eigenvalue weighted by Gasteiger charge is 2.35. The molecule has 0 bridgehead atoms. The van der Waals surface area contributed by atoms with Crippen LogP contribution in [-0.4, -0.2) is 59.7 Å². The molecule has 1 atom stereocenters. The Morgan fingerprint density at radius 1 is 1.25 bits per heavy atom. The van der Waals surface area contributed by atoms with E-state index in [1.807, 2.05) is 17.9 Å². The summed E-state index contributed by atoms with van der Waals surface area (Å²) in [5.74, 6) is 0.124. The van der Waals surface area contributed by atoms with Crippen LogP contribution in [0, 0.1) is 17.1 Å². The molecule has 144 valence electrons. The van der Waals surface area contributed by atoms with Crippen LogP contribution < -0.4 is 14.5 Å². The first kappa shape index (κ1) is 18.0. The predicted octanol–water partition coefficient (Wildman–Crippen LogP) is 2.02. The van der Waals surface area contributed by atoms with E-state index in [0.717, 1.165) is 0 Å². The van der Waals surface area contributed by atoms with Crippen LogP contribution in [0.4, 0.5) is 20.8 Å². The van der Waals surface area contributed by atoms with Crippen LogP contribution in [-0.2, 0) is 0 Å². The summed E-state index contributed by atoms with van der Waals surface area (Å²) in [5, 5.41) is 9.25. The molecule has 0 saturated carbocycles. The van der Waals surface area contributed by atoms with Gasteiger partial charge in [-0.25, -0.2) is 19.2 Å². The van der Waals surface area contributed by atoms with E-state index in [0.29, 0.717) is 37.8 Å². The molecule has 4 rings (SSSR count). The summed E-state index contributed by atoms with van der Waals surface area (Å²) in [6, 6.07) is 5.87. The van der Waals surface area contributed by atoms with Crippen molar-refractivity contribution in [1.82, 2.24) is 14.9 Å². The molecule has 0 N–H and O–H groups in total. The number of carbonyl (C=O) groups excluding carboxylic acids is 1. The van der Waals surface area contributed by atoms with Gasteiger partial charge in [0.1, 0.15) is 24.1 Å². The zero-order valence-electron chi connectivity index (χ0n) is 15.4. The van der Waals surface area contributed by atoms with E-state index >= 15 is 0 Å². The van der Waals surface area contributed by atoms with Gasteiger partial charge in [0.25, 0.3) is 0 Å². The third kappa shape index (κ3) is 3.07. The Kier molecular flexibility index (Phi) is 4.69. The zero-order valence-corrected chi connectivity index (χ0v) is 15.4. The fourth-order valence-electron chi connectivity index (χ4n) is 3.50. The third-order valence-corrected chi connectivity index (χ3v) is 4.96. The van der Waals surface area contributed by atoms with Gasteiger partial charge in [-0.05, 0) is 25.1 Å². The smallest absolute Gasteiger partial charge is 0.325 e. The summed E-state index contributed by atoms with van der Waals surface area (Å²) in [6.45, 7) is 4.34. The third-order valence-electron chi connectivity index (χ3n) is 4.96. The standard InChI is InChI=1S/C19H19FN6O2/c1-13-12-28-17-14(11-21)15(20)3-4-16(17)26(13)19(27)25-9-7-24(8-10-25)18-22-5-2-6-23-18/h2-6,13H,7-10,12H2,1H3. The van der Waals surface area contributed by atoms with Crippen molar-refractivity contribution < 1.29 is 13.9 Å². The quantitative estimate of drug-likeness (QED) is 0.750. The summed E-state index contributed by atoms with van der Waals surface area (Å²) in [7, 11) is 0. The van der Waals surface area contributed by atoms with Crippen molar-refractivity contribution in [1.29, 1.82) is 5.26 Å². The Morgan fingerprint density at radius 2 is 1.96 bits per heavy atom. The summed E-state index contributed by atoms with van der Waals surface area (Å²) < 4.78 is 19.5. The first-order valence-corrected chi connectivity index (χ1v) is 9.05. The van der Waals surface area contributed by atoms with E-state index in [2.05, 4.69) is 9.97 Å². The van der Waals surface area contributed by atoms with Gasteiger partial charge in [0.15, 0.2) is 5.75 Å². The van der Waals surface area contributed by atoms with E-state index in [1.165, 1.54) is 12.1 Å². The molecule has 1 fully saturated rings. The number of fused-ring (bicyclic) bond motifs is 1. The van der Waals surface area contributed by atoms with Gasteiger partial charge in [0.2, 0.25) is 5.95 Å². The molecule has 8 nitrogen and oxygen atoms in total. The number of amides is 2. The maximum Gasteiger partial charge on any atom is 0.325 e. The average Bonchev–Trinajstić information content (AvgIpc) is 2.74. The van der Waals surface area contributed by atoms with Crippen molar-refractivity contribution in [2.24, 2.45) is 0 Å². The normalized spacial score (nSPS) is 18.9. The van der Waals surface area contributed by atoms with Crippen LogP contribution >= 0.6 is 0 Å². The number of piperazine rings is 1. The number of benzene rings is 1. The largest absolute Gasteiger partial charge is 0.488 e.